The standard InChI is InChI=1S/C25H27N5O4/c1-16-5-7-17(8-6-16)12-27-24(33)25(2)14-29-15-28-20(21(29)23(32)30(25)18-9-10-18)22(31)26-13-19-4-3-11-34-19/h3-8,11,15,18H,9-10,12-14H2,1-2H3,(H,26,31)(H,27,33). The molecule has 5 rings (SSSR count). The van der Waals surface area contributed by atoms with Crippen LogP contribution in [-0.4, -0.2) is 43.8 Å². The maximum Gasteiger partial charge on any atom is 0.274 e. The van der Waals surface area contributed by atoms with Crippen molar-refractivity contribution < 1.29 is 18.8 Å². The summed E-state index contributed by atoms with van der Waals surface area (Å²) in [5.41, 5.74) is 1.33. The van der Waals surface area contributed by atoms with Gasteiger partial charge in [0, 0.05) is 12.6 Å². The lowest BCUT2D eigenvalue weighted by Crippen LogP contribution is -2.64. The molecule has 9 nitrogen and oxygen atoms in total. The Hall–Kier alpha value is -3.88. The number of fused-ring (bicyclic) bond motifs is 1. The maximum absolute atomic E-state index is 13.6. The van der Waals surface area contributed by atoms with Crippen LogP contribution in [0.4, 0.5) is 0 Å². The fraction of sp³-hybridized carbons (Fsp3) is 0.360. The molecular formula is C25H27N5O4. The minimum atomic E-state index is -1.08. The van der Waals surface area contributed by atoms with Gasteiger partial charge in [-0.25, -0.2) is 4.98 Å². The Bertz CT molecular complexity index is 1230. The fourth-order valence-electron chi connectivity index (χ4n) is 4.46. The number of nitrogens with one attached hydrogen (secondary N) is 2. The Balaban J connectivity index is 1.37. The Morgan fingerprint density at radius 2 is 1.91 bits per heavy atom. The summed E-state index contributed by atoms with van der Waals surface area (Å²) in [5, 5.41) is 5.75. The quantitative estimate of drug-likeness (QED) is 0.562. The lowest BCUT2D eigenvalue weighted by molar-refractivity contribution is -0.133. The summed E-state index contributed by atoms with van der Waals surface area (Å²) in [4.78, 5) is 45.7. The molecule has 0 bridgehead atoms. The van der Waals surface area contributed by atoms with E-state index < -0.39 is 11.4 Å². The first-order chi connectivity index (χ1) is 16.4. The average molecular weight is 462 g/mol. The smallest absolute Gasteiger partial charge is 0.274 e. The van der Waals surface area contributed by atoms with E-state index in [0.717, 1.165) is 24.0 Å². The molecule has 3 aromatic rings. The van der Waals surface area contributed by atoms with Crippen LogP contribution in [0.3, 0.4) is 0 Å². The van der Waals surface area contributed by atoms with Gasteiger partial charge >= 0.3 is 0 Å². The van der Waals surface area contributed by atoms with Gasteiger partial charge in [0.05, 0.1) is 25.7 Å². The van der Waals surface area contributed by atoms with Gasteiger partial charge in [-0.3, -0.25) is 14.4 Å². The molecule has 1 aromatic carbocycles. The van der Waals surface area contributed by atoms with E-state index in [-0.39, 0.29) is 42.3 Å². The molecule has 1 fully saturated rings. The van der Waals surface area contributed by atoms with Gasteiger partial charge in [0.15, 0.2) is 5.69 Å². The number of carbonyl (C=O) groups is 3. The van der Waals surface area contributed by atoms with Gasteiger partial charge in [0.25, 0.3) is 11.8 Å². The number of nitrogens with zero attached hydrogens (tertiary/aromatic N) is 3. The van der Waals surface area contributed by atoms with Crippen molar-refractivity contribution in [2.75, 3.05) is 0 Å². The SMILES string of the molecule is Cc1ccc(CNC(=O)C2(C)Cn3cnc(C(=O)NCc4ccco4)c3C(=O)N2C2CC2)cc1. The topological polar surface area (TPSA) is 109 Å². The molecule has 34 heavy (non-hydrogen) atoms. The molecule has 0 spiro atoms. The van der Waals surface area contributed by atoms with E-state index in [1.165, 1.54) is 12.6 Å². The second kappa shape index (κ2) is 8.48. The maximum atomic E-state index is 13.6. The van der Waals surface area contributed by atoms with Gasteiger partial charge in [0.1, 0.15) is 17.0 Å². The zero-order valence-electron chi connectivity index (χ0n) is 19.2. The third-order valence-electron chi connectivity index (χ3n) is 6.46. The third kappa shape index (κ3) is 3.98. The van der Waals surface area contributed by atoms with E-state index in [1.54, 1.807) is 28.5 Å². The van der Waals surface area contributed by atoms with E-state index in [1.807, 2.05) is 31.2 Å². The van der Waals surface area contributed by atoms with Crippen LogP contribution in [-0.2, 0) is 24.4 Å². The molecule has 2 N–H and O–H groups in total. The van der Waals surface area contributed by atoms with Crippen LogP contribution >= 0.6 is 0 Å². The molecule has 1 aliphatic heterocycles. The van der Waals surface area contributed by atoms with Crippen molar-refractivity contribution in [2.24, 2.45) is 0 Å². The van der Waals surface area contributed by atoms with Crippen molar-refractivity contribution in [3.8, 4) is 0 Å². The van der Waals surface area contributed by atoms with Crippen molar-refractivity contribution in [1.82, 2.24) is 25.1 Å². The number of imidazole rings is 1. The first-order valence-electron chi connectivity index (χ1n) is 11.4. The second-order valence-electron chi connectivity index (χ2n) is 9.18. The molecule has 2 aromatic heterocycles. The Morgan fingerprint density at radius 3 is 2.59 bits per heavy atom. The Labute approximate surface area is 197 Å². The van der Waals surface area contributed by atoms with Crippen LogP contribution in [0.1, 0.15) is 57.6 Å². The van der Waals surface area contributed by atoms with Crippen molar-refractivity contribution in [3.05, 3.63) is 77.3 Å². The second-order valence-corrected chi connectivity index (χ2v) is 9.18. The number of carbonyl (C=O) groups excluding carboxylic acids is 3. The predicted molar refractivity (Wildman–Crippen MR) is 123 cm³/mol. The lowest BCUT2D eigenvalue weighted by atomic mass is 9.93. The van der Waals surface area contributed by atoms with Crippen molar-refractivity contribution >= 4 is 17.7 Å². The normalized spacial score (nSPS) is 19.6. The van der Waals surface area contributed by atoms with Gasteiger partial charge < -0.3 is 24.5 Å². The number of rotatable bonds is 7. The molecule has 0 saturated heterocycles. The summed E-state index contributed by atoms with van der Waals surface area (Å²) in [7, 11) is 0. The van der Waals surface area contributed by atoms with E-state index in [9.17, 15) is 14.4 Å². The van der Waals surface area contributed by atoms with Crippen LogP contribution in [0.5, 0.6) is 0 Å². The average Bonchev–Trinajstić information content (AvgIpc) is 3.33. The van der Waals surface area contributed by atoms with E-state index in [0.29, 0.717) is 12.3 Å². The van der Waals surface area contributed by atoms with Crippen LogP contribution < -0.4 is 10.6 Å². The molecule has 3 heterocycles. The summed E-state index contributed by atoms with van der Waals surface area (Å²) in [6, 6.07) is 11.4. The number of furan rings is 1. The molecule has 1 saturated carbocycles. The fourth-order valence-corrected chi connectivity index (χ4v) is 4.46. The highest BCUT2D eigenvalue weighted by molar-refractivity contribution is 6.07. The van der Waals surface area contributed by atoms with E-state index >= 15 is 0 Å². The summed E-state index contributed by atoms with van der Waals surface area (Å²) in [5.74, 6) is -0.425. The minimum Gasteiger partial charge on any atom is -0.467 e. The molecule has 0 radical (unpaired) electrons. The highest BCUT2D eigenvalue weighted by atomic mass is 16.3. The molecule has 1 unspecified atom stereocenters. The summed E-state index contributed by atoms with van der Waals surface area (Å²) < 4.78 is 6.87. The van der Waals surface area contributed by atoms with Gasteiger partial charge in [-0.15, -0.1) is 0 Å². The molecule has 9 heteroatoms. The molecular weight excluding hydrogens is 434 g/mol. The highest BCUT2D eigenvalue weighted by Gasteiger charge is 2.53. The lowest BCUT2D eigenvalue weighted by Gasteiger charge is -2.44. The Morgan fingerprint density at radius 1 is 1.15 bits per heavy atom. The van der Waals surface area contributed by atoms with Crippen LogP contribution in [0.2, 0.25) is 0 Å². The Kier molecular flexibility index (Phi) is 5.47. The first-order valence-corrected chi connectivity index (χ1v) is 11.4. The van der Waals surface area contributed by atoms with E-state index in [2.05, 4.69) is 15.6 Å². The van der Waals surface area contributed by atoms with Crippen molar-refractivity contribution in [2.45, 2.75) is 57.9 Å². The number of hydrogen-bond donors (Lipinski definition) is 2. The van der Waals surface area contributed by atoms with Gasteiger partial charge in [-0.2, -0.15) is 0 Å². The van der Waals surface area contributed by atoms with Crippen molar-refractivity contribution in [3.63, 3.8) is 0 Å². The summed E-state index contributed by atoms with van der Waals surface area (Å²) in [6.07, 6.45) is 4.66. The van der Waals surface area contributed by atoms with Gasteiger partial charge in [-0.05, 0) is 44.4 Å². The van der Waals surface area contributed by atoms with Crippen LogP contribution in [0.25, 0.3) is 0 Å². The summed E-state index contributed by atoms with van der Waals surface area (Å²) in [6.45, 7) is 4.59. The van der Waals surface area contributed by atoms with Crippen LogP contribution in [0.15, 0.2) is 53.4 Å². The third-order valence-corrected chi connectivity index (χ3v) is 6.46. The first kappa shape index (κ1) is 21.9. The van der Waals surface area contributed by atoms with Gasteiger partial charge in [0.2, 0.25) is 5.91 Å². The monoisotopic (exact) mass is 461 g/mol. The molecule has 1 atom stereocenters. The van der Waals surface area contributed by atoms with Gasteiger partial charge in [-0.1, -0.05) is 29.8 Å². The molecule has 176 valence electrons. The summed E-state index contributed by atoms with van der Waals surface area (Å²) >= 11 is 0. The number of aromatic nitrogens is 2. The highest BCUT2D eigenvalue weighted by Crippen LogP contribution is 2.38. The zero-order chi connectivity index (χ0) is 23.9. The predicted octanol–water partition coefficient (Wildman–Crippen LogP) is 2.41. The molecule has 1 aliphatic carbocycles. The number of amides is 3. The molecule has 3 amide bonds. The van der Waals surface area contributed by atoms with Crippen molar-refractivity contribution in [1.29, 1.82) is 0 Å². The molecule has 2 aliphatic rings. The minimum absolute atomic E-state index is 0.0229. The number of hydrogen-bond acceptors (Lipinski definition) is 5. The number of benzene rings is 1. The van der Waals surface area contributed by atoms with Crippen LogP contribution in [0, 0.1) is 6.92 Å². The number of aryl methyl sites for hydroxylation is 1. The zero-order valence-corrected chi connectivity index (χ0v) is 19.2. The largest absolute Gasteiger partial charge is 0.467 e. The van der Waals surface area contributed by atoms with E-state index in [4.69, 9.17) is 4.42 Å².